The van der Waals surface area contributed by atoms with Gasteiger partial charge in [0.1, 0.15) is 10.3 Å². The number of pyridine rings is 1. The van der Waals surface area contributed by atoms with Crippen LogP contribution >= 0.6 is 23.2 Å². The SMILES string of the molecule is FC(F)(F)c1ncc(-c2cc(Cl)nc(Cl)c2)cn1. The average molecular weight is 294 g/mol. The van der Waals surface area contributed by atoms with Gasteiger partial charge in [-0.05, 0) is 17.7 Å². The Morgan fingerprint density at radius 3 is 1.83 bits per heavy atom. The predicted molar refractivity (Wildman–Crippen MR) is 60.3 cm³/mol. The van der Waals surface area contributed by atoms with Crippen LogP contribution in [0.2, 0.25) is 10.3 Å². The van der Waals surface area contributed by atoms with E-state index in [1.165, 1.54) is 12.1 Å². The van der Waals surface area contributed by atoms with E-state index in [1.54, 1.807) is 0 Å². The largest absolute Gasteiger partial charge is 0.451 e. The molecule has 18 heavy (non-hydrogen) atoms. The van der Waals surface area contributed by atoms with Crippen molar-refractivity contribution >= 4 is 23.2 Å². The molecule has 0 bridgehead atoms. The number of nitrogens with zero attached hydrogens (tertiary/aromatic N) is 3. The van der Waals surface area contributed by atoms with Crippen molar-refractivity contribution in [2.24, 2.45) is 0 Å². The van der Waals surface area contributed by atoms with E-state index in [4.69, 9.17) is 23.2 Å². The zero-order chi connectivity index (χ0) is 13.3. The minimum absolute atomic E-state index is 0.136. The smallest absolute Gasteiger partial charge is 0.232 e. The molecule has 2 aromatic heterocycles. The second-order valence-electron chi connectivity index (χ2n) is 3.29. The number of alkyl halides is 3. The molecule has 0 atom stereocenters. The first kappa shape index (κ1) is 13.0. The Hall–Kier alpha value is -1.40. The van der Waals surface area contributed by atoms with Gasteiger partial charge in [-0.1, -0.05) is 23.2 Å². The molecule has 0 aliphatic heterocycles. The number of halogens is 5. The molecule has 0 saturated heterocycles. The maximum Gasteiger partial charge on any atom is 0.451 e. The molecule has 8 heteroatoms. The molecule has 3 nitrogen and oxygen atoms in total. The fourth-order valence-electron chi connectivity index (χ4n) is 1.26. The molecule has 2 heterocycles. The first-order chi connectivity index (χ1) is 8.36. The lowest BCUT2D eigenvalue weighted by molar-refractivity contribution is -0.144. The van der Waals surface area contributed by atoms with Gasteiger partial charge >= 0.3 is 6.18 Å². The molecule has 2 aromatic rings. The fraction of sp³-hybridized carbons (Fsp3) is 0.100. The Morgan fingerprint density at radius 1 is 0.889 bits per heavy atom. The normalized spacial score (nSPS) is 11.6. The lowest BCUT2D eigenvalue weighted by Crippen LogP contribution is -2.10. The molecule has 0 radical (unpaired) electrons. The van der Waals surface area contributed by atoms with Crippen LogP contribution in [0.4, 0.5) is 13.2 Å². The monoisotopic (exact) mass is 293 g/mol. The van der Waals surface area contributed by atoms with Crippen LogP contribution in [0, 0.1) is 0 Å². The zero-order valence-electron chi connectivity index (χ0n) is 8.54. The summed E-state index contributed by atoms with van der Waals surface area (Å²) in [5.41, 5.74) is 0.864. The topological polar surface area (TPSA) is 38.7 Å². The summed E-state index contributed by atoms with van der Waals surface area (Å²) in [6.07, 6.45) is -2.46. The average Bonchev–Trinajstić information content (AvgIpc) is 2.27. The van der Waals surface area contributed by atoms with Crippen LogP contribution in [0.5, 0.6) is 0 Å². The minimum atomic E-state index is -4.56. The van der Waals surface area contributed by atoms with Crippen molar-refractivity contribution in [2.75, 3.05) is 0 Å². The highest BCUT2D eigenvalue weighted by Crippen LogP contribution is 2.28. The first-order valence-electron chi connectivity index (χ1n) is 4.59. The summed E-state index contributed by atoms with van der Waals surface area (Å²) in [4.78, 5) is 10.2. The highest BCUT2D eigenvalue weighted by atomic mass is 35.5. The summed E-state index contributed by atoms with van der Waals surface area (Å²) in [7, 11) is 0. The summed E-state index contributed by atoms with van der Waals surface area (Å²) in [5.74, 6) is -1.20. The second kappa shape index (κ2) is 4.70. The Labute approximate surface area is 110 Å². The standard InChI is InChI=1S/C10H4Cl2F3N3/c11-7-1-5(2-8(12)18-7)6-3-16-9(17-4-6)10(13,14)15/h1-4H. The third-order valence-corrected chi connectivity index (χ3v) is 2.39. The predicted octanol–water partition coefficient (Wildman–Crippen LogP) is 3.86. The summed E-state index contributed by atoms with van der Waals surface area (Å²) in [5, 5.41) is 0.273. The van der Waals surface area contributed by atoms with Crippen molar-refractivity contribution in [3.8, 4) is 11.1 Å². The van der Waals surface area contributed by atoms with Gasteiger partial charge in [-0.3, -0.25) is 0 Å². The lowest BCUT2D eigenvalue weighted by Gasteiger charge is -2.06. The molecule has 0 spiro atoms. The van der Waals surface area contributed by atoms with Crippen molar-refractivity contribution < 1.29 is 13.2 Å². The van der Waals surface area contributed by atoms with E-state index in [2.05, 4.69) is 15.0 Å². The van der Waals surface area contributed by atoms with Crippen LogP contribution in [0.15, 0.2) is 24.5 Å². The molecule has 2 rings (SSSR count). The van der Waals surface area contributed by atoms with Gasteiger partial charge in [0.25, 0.3) is 0 Å². The molecule has 0 unspecified atom stereocenters. The van der Waals surface area contributed by atoms with E-state index >= 15 is 0 Å². The number of hydrogen-bond acceptors (Lipinski definition) is 3. The van der Waals surface area contributed by atoms with E-state index in [0.29, 0.717) is 11.1 Å². The highest BCUT2D eigenvalue weighted by Gasteiger charge is 2.34. The van der Waals surface area contributed by atoms with Crippen molar-refractivity contribution in [1.82, 2.24) is 15.0 Å². The van der Waals surface area contributed by atoms with Crippen molar-refractivity contribution in [3.05, 3.63) is 40.7 Å². The van der Waals surface area contributed by atoms with Gasteiger partial charge < -0.3 is 0 Å². The van der Waals surface area contributed by atoms with Crippen molar-refractivity contribution in [2.45, 2.75) is 6.18 Å². The second-order valence-corrected chi connectivity index (χ2v) is 4.07. The third-order valence-electron chi connectivity index (χ3n) is 2.00. The van der Waals surface area contributed by atoms with Gasteiger partial charge in [0.05, 0.1) is 0 Å². The molecule has 0 saturated carbocycles. The van der Waals surface area contributed by atoms with Gasteiger partial charge in [0.2, 0.25) is 5.82 Å². The first-order valence-corrected chi connectivity index (χ1v) is 5.34. The Kier molecular flexibility index (Phi) is 3.41. The lowest BCUT2D eigenvalue weighted by atomic mass is 10.1. The molecular formula is C10H4Cl2F3N3. The molecule has 0 amide bonds. The Balaban J connectivity index is 2.40. The number of aromatic nitrogens is 3. The summed E-state index contributed by atoms with van der Waals surface area (Å²) >= 11 is 11.4. The van der Waals surface area contributed by atoms with E-state index in [-0.39, 0.29) is 10.3 Å². The van der Waals surface area contributed by atoms with Crippen molar-refractivity contribution in [1.29, 1.82) is 0 Å². The minimum Gasteiger partial charge on any atom is -0.232 e. The Bertz CT molecular complexity index is 549. The van der Waals surface area contributed by atoms with Gasteiger partial charge in [0, 0.05) is 18.0 Å². The summed E-state index contributed by atoms with van der Waals surface area (Å²) in [6.45, 7) is 0. The maximum atomic E-state index is 12.3. The molecule has 0 aromatic carbocycles. The molecule has 0 N–H and O–H groups in total. The number of rotatable bonds is 1. The highest BCUT2D eigenvalue weighted by molar-refractivity contribution is 6.32. The van der Waals surface area contributed by atoms with Crippen molar-refractivity contribution in [3.63, 3.8) is 0 Å². The van der Waals surface area contributed by atoms with Gasteiger partial charge in [-0.15, -0.1) is 0 Å². The maximum absolute atomic E-state index is 12.3. The van der Waals surface area contributed by atoms with Gasteiger partial charge in [-0.2, -0.15) is 13.2 Å². The van der Waals surface area contributed by atoms with E-state index in [0.717, 1.165) is 12.4 Å². The fourth-order valence-corrected chi connectivity index (χ4v) is 1.72. The van der Waals surface area contributed by atoms with Gasteiger partial charge in [-0.25, -0.2) is 15.0 Å². The van der Waals surface area contributed by atoms with E-state index in [9.17, 15) is 13.2 Å². The van der Waals surface area contributed by atoms with Crippen LogP contribution in [0.3, 0.4) is 0 Å². The third kappa shape index (κ3) is 2.88. The Morgan fingerprint density at radius 2 is 1.39 bits per heavy atom. The molecule has 0 fully saturated rings. The van der Waals surface area contributed by atoms with Crippen LogP contribution in [0.25, 0.3) is 11.1 Å². The molecule has 0 aliphatic carbocycles. The summed E-state index contributed by atoms with van der Waals surface area (Å²) < 4.78 is 36.8. The van der Waals surface area contributed by atoms with Gasteiger partial charge in [0.15, 0.2) is 0 Å². The van der Waals surface area contributed by atoms with Crippen LogP contribution < -0.4 is 0 Å². The number of hydrogen-bond donors (Lipinski definition) is 0. The van der Waals surface area contributed by atoms with Crippen LogP contribution in [-0.4, -0.2) is 15.0 Å². The molecule has 0 aliphatic rings. The van der Waals surface area contributed by atoms with Crippen LogP contribution in [-0.2, 0) is 6.18 Å². The van der Waals surface area contributed by atoms with E-state index in [1.807, 2.05) is 0 Å². The molecule has 94 valence electrons. The quantitative estimate of drug-likeness (QED) is 0.749. The zero-order valence-corrected chi connectivity index (χ0v) is 10.1. The summed E-state index contributed by atoms with van der Waals surface area (Å²) in [6, 6.07) is 2.92. The van der Waals surface area contributed by atoms with E-state index < -0.39 is 12.0 Å². The van der Waals surface area contributed by atoms with Crippen LogP contribution in [0.1, 0.15) is 5.82 Å². The molecular weight excluding hydrogens is 290 g/mol.